The van der Waals surface area contributed by atoms with E-state index in [-0.39, 0.29) is 5.63 Å². The smallest absolute Gasteiger partial charge is 0.338 e. The van der Waals surface area contributed by atoms with Crippen LogP contribution in [0.25, 0.3) is 21.7 Å². The Morgan fingerprint density at radius 1 is 0.897 bits per heavy atom. The van der Waals surface area contributed by atoms with Crippen molar-refractivity contribution >= 4 is 27.4 Å². The maximum Gasteiger partial charge on any atom is 0.338 e. The van der Waals surface area contributed by atoms with Crippen LogP contribution in [0.5, 0.6) is 0 Å². The lowest BCUT2D eigenvalue weighted by Gasteiger charge is -2.33. The minimum atomic E-state index is -0.308. The molecule has 0 amide bonds. The normalized spacial score (nSPS) is 15.7. The first-order chi connectivity index (χ1) is 14.3. The van der Waals surface area contributed by atoms with Gasteiger partial charge in [0.25, 0.3) is 0 Å². The molecular weight excluding hydrogens is 360 g/mol. The zero-order valence-corrected chi connectivity index (χ0v) is 16.3. The lowest BCUT2D eigenvalue weighted by molar-refractivity contribution is 0.211. The summed E-state index contributed by atoms with van der Waals surface area (Å²) < 4.78 is 5.58. The summed E-state index contributed by atoms with van der Waals surface area (Å²) in [6.45, 7) is 3.10. The second-order valence-corrected chi connectivity index (χ2v) is 7.82. The zero-order chi connectivity index (χ0) is 19.6. The minimum absolute atomic E-state index is 0.308. The van der Waals surface area contributed by atoms with E-state index in [0.29, 0.717) is 11.6 Å². The van der Waals surface area contributed by atoms with Crippen molar-refractivity contribution in [2.75, 3.05) is 18.4 Å². The van der Waals surface area contributed by atoms with E-state index in [4.69, 9.17) is 4.42 Å². The predicted octanol–water partition coefficient (Wildman–Crippen LogP) is 5.02. The summed E-state index contributed by atoms with van der Waals surface area (Å²) in [6, 6.07) is 24.7. The van der Waals surface area contributed by atoms with Gasteiger partial charge in [0, 0.05) is 42.5 Å². The van der Waals surface area contributed by atoms with Gasteiger partial charge in [0.15, 0.2) is 0 Å². The first kappa shape index (κ1) is 18.0. The average Bonchev–Trinajstić information content (AvgIpc) is 2.76. The fourth-order valence-corrected chi connectivity index (χ4v) is 4.31. The highest BCUT2D eigenvalue weighted by Crippen LogP contribution is 2.30. The molecule has 2 heterocycles. The van der Waals surface area contributed by atoms with E-state index in [1.807, 2.05) is 30.3 Å². The number of piperidine rings is 1. The maximum atomic E-state index is 12.2. The second-order valence-electron chi connectivity index (χ2n) is 7.82. The summed E-state index contributed by atoms with van der Waals surface area (Å²) in [6.07, 6.45) is 2.12. The topological polar surface area (TPSA) is 45.5 Å². The van der Waals surface area contributed by atoms with Crippen molar-refractivity contribution in [3.05, 3.63) is 88.8 Å². The van der Waals surface area contributed by atoms with Crippen LogP contribution in [0.3, 0.4) is 0 Å². The van der Waals surface area contributed by atoms with Crippen molar-refractivity contribution in [1.82, 2.24) is 4.90 Å². The molecule has 3 aromatic carbocycles. The summed E-state index contributed by atoms with van der Waals surface area (Å²) in [5.41, 5.74) is 2.60. The molecule has 0 spiro atoms. The first-order valence-corrected chi connectivity index (χ1v) is 10.2. The summed E-state index contributed by atoms with van der Waals surface area (Å²) >= 11 is 0. The van der Waals surface area contributed by atoms with Gasteiger partial charge in [-0.3, -0.25) is 4.90 Å². The highest BCUT2D eigenvalue weighted by atomic mass is 16.4. The number of benzene rings is 3. The number of rotatable bonds is 4. The predicted molar refractivity (Wildman–Crippen MR) is 118 cm³/mol. The third kappa shape index (κ3) is 3.76. The highest BCUT2D eigenvalue weighted by Gasteiger charge is 2.20. The van der Waals surface area contributed by atoms with E-state index in [1.54, 1.807) is 6.07 Å². The molecule has 0 radical (unpaired) electrons. The Hall–Kier alpha value is -3.11. The van der Waals surface area contributed by atoms with Crippen molar-refractivity contribution in [3.63, 3.8) is 0 Å². The molecule has 146 valence electrons. The summed E-state index contributed by atoms with van der Waals surface area (Å²) in [5, 5.41) is 6.65. The molecule has 1 saturated heterocycles. The molecule has 29 heavy (non-hydrogen) atoms. The zero-order valence-electron chi connectivity index (χ0n) is 16.3. The third-order valence-electron chi connectivity index (χ3n) is 5.83. The second kappa shape index (κ2) is 7.72. The Bertz CT molecular complexity index is 1190. The van der Waals surface area contributed by atoms with Crippen LogP contribution in [0.1, 0.15) is 18.4 Å². The van der Waals surface area contributed by atoms with Crippen molar-refractivity contribution in [2.45, 2.75) is 25.4 Å². The molecule has 1 aliphatic heterocycles. The Labute approximate surface area is 169 Å². The molecule has 1 aliphatic rings. The van der Waals surface area contributed by atoms with E-state index in [2.05, 4.69) is 46.6 Å². The van der Waals surface area contributed by atoms with Gasteiger partial charge in [-0.05, 0) is 29.9 Å². The van der Waals surface area contributed by atoms with E-state index < -0.39 is 0 Å². The Balaban J connectivity index is 1.35. The van der Waals surface area contributed by atoms with Crippen LogP contribution in [0.2, 0.25) is 0 Å². The Morgan fingerprint density at radius 3 is 2.48 bits per heavy atom. The SMILES string of the molecule is O=c1cc(NC2CCN(Cc3ccccc3)CC2)c2ccc3ccccc3c2o1. The van der Waals surface area contributed by atoms with Crippen LogP contribution < -0.4 is 10.9 Å². The number of hydrogen-bond donors (Lipinski definition) is 1. The van der Waals surface area contributed by atoms with Gasteiger partial charge in [-0.2, -0.15) is 0 Å². The molecule has 4 heteroatoms. The molecule has 4 nitrogen and oxygen atoms in total. The quantitative estimate of drug-likeness (QED) is 0.396. The lowest BCUT2D eigenvalue weighted by Crippen LogP contribution is -2.38. The van der Waals surface area contributed by atoms with Gasteiger partial charge in [-0.15, -0.1) is 0 Å². The molecule has 5 rings (SSSR count). The standard InChI is InChI=1S/C25H24N2O2/c28-24-16-23(22-11-10-19-8-4-5-9-21(19)25(22)29-24)26-20-12-14-27(15-13-20)17-18-6-2-1-3-7-18/h1-11,16,20,26H,12-15,17H2. The van der Waals surface area contributed by atoms with Crippen LogP contribution >= 0.6 is 0 Å². The number of nitrogens with one attached hydrogen (secondary N) is 1. The van der Waals surface area contributed by atoms with Crippen LogP contribution in [0, 0.1) is 0 Å². The first-order valence-electron chi connectivity index (χ1n) is 10.2. The fourth-order valence-electron chi connectivity index (χ4n) is 4.31. The molecule has 0 bridgehead atoms. The van der Waals surface area contributed by atoms with Gasteiger partial charge in [0.1, 0.15) is 5.58 Å². The van der Waals surface area contributed by atoms with Crippen molar-refractivity contribution < 1.29 is 4.42 Å². The summed E-state index contributed by atoms with van der Waals surface area (Å²) in [4.78, 5) is 14.7. The maximum absolute atomic E-state index is 12.2. The molecule has 1 fully saturated rings. The summed E-state index contributed by atoms with van der Waals surface area (Å²) in [7, 11) is 0. The monoisotopic (exact) mass is 384 g/mol. The van der Waals surface area contributed by atoms with Crippen molar-refractivity contribution in [1.29, 1.82) is 0 Å². The van der Waals surface area contributed by atoms with E-state index in [1.165, 1.54) is 5.56 Å². The van der Waals surface area contributed by atoms with E-state index >= 15 is 0 Å². The van der Waals surface area contributed by atoms with Crippen LogP contribution in [0.4, 0.5) is 5.69 Å². The molecular formula is C25H24N2O2. The molecule has 1 aromatic heterocycles. The number of fused-ring (bicyclic) bond motifs is 3. The van der Waals surface area contributed by atoms with Crippen LogP contribution in [0.15, 0.2) is 82.0 Å². The van der Waals surface area contributed by atoms with Gasteiger partial charge in [-0.25, -0.2) is 4.79 Å². The molecule has 0 unspecified atom stereocenters. The Kier molecular flexibility index (Phi) is 4.78. The van der Waals surface area contributed by atoms with E-state index in [0.717, 1.165) is 54.3 Å². The number of nitrogens with zero attached hydrogens (tertiary/aromatic N) is 1. The van der Waals surface area contributed by atoms with Crippen LogP contribution in [-0.2, 0) is 6.54 Å². The average molecular weight is 384 g/mol. The van der Waals surface area contributed by atoms with Crippen molar-refractivity contribution in [3.8, 4) is 0 Å². The summed E-state index contributed by atoms with van der Waals surface area (Å²) in [5.74, 6) is 0. The fraction of sp³-hybridized carbons (Fsp3) is 0.240. The van der Waals surface area contributed by atoms with Crippen molar-refractivity contribution in [2.24, 2.45) is 0 Å². The van der Waals surface area contributed by atoms with Gasteiger partial charge >= 0.3 is 5.63 Å². The molecule has 1 N–H and O–H groups in total. The largest absolute Gasteiger partial charge is 0.422 e. The van der Waals surface area contributed by atoms with E-state index in [9.17, 15) is 4.79 Å². The molecule has 4 aromatic rings. The number of anilines is 1. The number of likely N-dealkylation sites (tertiary alicyclic amines) is 1. The molecule has 0 atom stereocenters. The Morgan fingerprint density at radius 2 is 1.66 bits per heavy atom. The molecule has 0 saturated carbocycles. The number of hydrogen-bond acceptors (Lipinski definition) is 4. The lowest BCUT2D eigenvalue weighted by atomic mass is 10.0. The highest BCUT2D eigenvalue weighted by molar-refractivity contribution is 6.07. The minimum Gasteiger partial charge on any atom is -0.422 e. The van der Waals surface area contributed by atoms with Gasteiger partial charge < -0.3 is 9.73 Å². The van der Waals surface area contributed by atoms with Gasteiger partial charge in [0.05, 0.1) is 5.69 Å². The van der Waals surface area contributed by atoms with Crippen LogP contribution in [-0.4, -0.2) is 24.0 Å². The molecule has 0 aliphatic carbocycles. The van der Waals surface area contributed by atoms with Gasteiger partial charge in [0.2, 0.25) is 0 Å². The third-order valence-corrected chi connectivity index (χ3v) is 5.83. The van der Waals surface area contributed by atoms with Gasteiger partial charge in [-0.1, -0.05) is 60.7 Å².